The molecule has 0 amide bonds. The first-order chi connectivity index (χ1) is 19.2. The standard InChI is InChI=1S/C31H21FN6O/c32-23-8-6-20(7-9-23)25-10-11-34-30-26(25)14-28(36-30)29-27-13-22(16-35-31(27)38-37-29)21-12-24(17-33-15-21)39-18-19-4-2-1-3-5-19/h1-17H,18H2,(H,34,36)(H,35,37,38). The zero-order valence-electron chi connectivity index (χ0n) is 20.6. The van der Waals surface area contributed by atoms with E-state index in [0.29, 0.717) is 18.0 Å². The van der Waals surface area contributed by atoms with Crippen LogP contribution >= 0.6 is 0 Å². The van der Waals surface area contributed by atoms with Crippen molar-refractivity contribution in [2.45, 2.75) is 6.61 Å². The van der Waals surface area contributed by atoms with E-state index in [-0.39, 0.29) is 5.82 Å². The van der Waals surface area contributed by atoms with E-state index in [2.05, 4.69) is 30.1 Å². The van der Waals surface area contributed by atoms with E-state index >= 15 is 0 Å². The fourth-order valence-electron chi connectivity index (χ4n) is 4.70. The number of aromatic nitrogens is 6. The van der Waals surface area contributed by atoms with Crippen molar-refractivity contribution in [3.05, 3.63) is 115 Å². The number of hydrogen-bond donors (Lipinski definition) is 2. The van der Waals surface area contributed by atoms with Crippen molar-refractivity contribution in [3.63, 3.8) is 0 Å². The molecule has 7 aromatic rings. The predicted molar refractivity (Wildman–Crippen MR) is 148 cm³/mol. The lowest BCUT2D eigenvalue weighted by Crippen LogP contribution is -1.96. The number of fused-ring (bicyclic) bond motifs is 2. The van der Waals surface area contributed by atoms with E-state index in [1.807, 2.05) is 54.6 Å². The van der Waals surface area contributed by atoms with Crippen molar-refractivity contribution in [2.75, 3.05) is 0 Å². The summed E-state index contributed by atoms with van der Waals surface area (Å²) in [5.74, 6) is 0.411. The summed E-state index contributed by atoms with van der Waals surface area (Å²) in [6, 6.07) is 24.4. The van der Waals surface area contributed by atoms with Gasteiger partial charge in [0.05, 0.1) is 17.6 Å². The number of H-pyrrole nitrogens is 2. The smallest absolute Gasteiger partial charge is 0.181 e. The Balaban J connectivity index is 1.24. The zero-order chi connectivity index (χ0) is 26.2. The van der Waals surface area contributed by atoms with E-state index in [1.54, 1.807) is 36.9 Å². The first-order valence-corrected chi connectivity index (χ1v) is 12.4. The normalized spacial score (nSPS) is 11.3. The van der Waals surface area contributed by atoms with Crippen LogP contribution in [-0.2, 0) is 6.61 Å². The van der Waals surface area contributed by atoms with Crippen LogP contribution < -0.4 is 4.74 Å². The Bertz CT molecular complexity index is 1930. The van der Waals surface area contributed by atoms with Gasteiger partial charge in [-0.3, -0.25) is 10.1 Å². The fourth-order valence-corrected chi connectivity index (χ4v) is 4.70. The lowest BCUT2D eigenvalue weighted by Gasteiger charge is -2.08. The van der Waals surface area contributed by atoms with Gasteiger partial charge in [0.2, 0.25) is 0 Å². The molecule has 8 heteroatoms. The molecule has 0 spiro atoms. The number of halogens is 1. The van der Waals surface area contributed by atoms with Crippen molar-refractivity contribution in [3.8, 4) is 39.4 Å². The van der Waals surface area contributed by atoms with Crippen LogP contribution in [0.1, 0.15) is 5.56 Å². The number of rotatable bonds is 6. The first kappa shape index (κ1) is 22.8. The molecule has 0 fully saturated rings. The fraction of sp³-hybridized carbons (Fsp3) is 0.0323. The van der Waals surface area contributed by atoms with Crippen LogP contribution in [0.3, 0.4) is 0 Å². The second-order valence-corrected chi connectivity index (χ2v) is 9.19. The van der Waals surface area contributed by atoms with Crippen LogP contribution in [0, 0.1) is 5.82 Å². The van der Waals surface area contributed by atoms with Crippen molar-refractivity contribution in [1.82, 2.24) is 30.1 Å². The van der Waals surface area contributed by atoms with Gasteiger partial charge in [0, 0.05) is 40.5 Å². The monoisotopic (exact) mass is 512 g/mol. The highest BCUT2D eigenvalue weighted by atomic mass is 19.1. The average molecular weight is 513 g/mol. The molecule has 5 heterocycles. The van der Waals surface area contributed by atoms with Gasteiger partial charge < -0.3 is 9.72 Å². The van der Waals surface area contributed by atoms with Gasteiger partial charge in [0.1, 0.15) is 23.8 Å². The minimum atomic E-state index is -0.269. The molecular weight excluding hydrogens is 491 g/mol. The summed E-state index contributed by atoms with van der Waals surface area (Å²) >= 11 is 0. The number of hydrogen-bond acceptors (Lipinski definition) is 5. The number of aromatic amines is 2. The molecule has 39 heavy (non-hydrogen) atoms. The SMILES string of the molecule is Fc1ccc(-c2ccnc3[nH]c(-c4[nH]nc5ncc(-c6cncc(OCc7ccccc7)c6)cc45)cc23)cc1. The van der Waals surface area contributed by atoms with Crippen LogP contribution in [-0.4, -0.2) is 30.1 Å². The summed E-state index contributed by atoms with van der Waals surface area (Å²) in [6.07, 6.45) is 7.02. The zero-order valence-corrected chi connectivity index (χ0v) is 20.6. The van der Waals surface area contributed by atoms with Crippen molar-refractivity contribution in [1.29, 1.82) is 0 Å². The first-order valence-electron chi connectivity index (χ1n) is 12.4. The number of nitrogens with zero attached hydrogens (tertiary/aromatic N) is 4. The molecule has 0 bridgehead atoms. The molecule has 2 N–H and O–H groups in total. The van der Waals surface area contributed by atoms with Crippen molar-refractivity contribution >= 4 is 22.1 Å². The number of ether oxygens (including phenoxy) is 1. The lowest BCUT2D eigenvalue weighted by atomic mass is 10.0. The third-order valence-corrected chi connectivity index (χ3v) is 6.66. The number of pyridine rings is 3. The number of benzene rings is 2. The number of nitrogens with one attached hydrogen (secondary N) is 2. The maximum absolute atomic E-state index is 13.5. The van der Waals surface area contributed by atoms with Crippen LogP contribution in [0.25, 0.3) is 55.7 Å². The molecule has 0 radical (unpaired) electrons. The molecule has 0 saturated heterocycles. The van der Waals surface area contributed by atoms with E-state index in [0.717, 1.165) is 55.6 Å². The molecule has 0 aliphatic carbocycles. The van der Waals surface area contributed by atoms with Gasteiger partial charge in [0.25, 0.3) is 0 Å². The summed E-state index contributed by atoms with van der Waals surface area (Å²) in [5.41, 5.74) is 7.69. The Kier molecular flexibility index (Phi) is 5.55. The van der Waals surface area contributed by atoms with Gasteiger partial charge in [-0.1, -0.05) is 42.5 Å². The van der Waals surface area contributed by atoms with Gasteiger partial charge in [0.15, 0.2) is 5.65 Å². The summed E-state index contributed by atoms with van der Waals surface area (Å²) in [4.78, 5) is 16.9. The minimum absolute atomic E-state index is 0.269. The highest BCUT2D eigenvalue weighted by Crippen LogP contribution is 2.34. The molecule has 188 valence electrons. The Hall–Kier alpha value is -5.37. The molecule has 0 aliphatic heterocycles. The second-order valence-electron chi connectivity index (χ2n) is 9.19. The van der Waals surface area contributed by atoms with Crippen LogP contribution in [0.15, 0.2) is 104 Å². The molecule has 7 rings (SSSR count). The Morgan fingerprint density at radius 2 is 1.62 bits per heavy atom. The quantitative estimate of drug-likeness (QED) is 0.252. The van der Waals surface area contributed by atoms with Crippen LogP contribution in [0.5, 0.6) is 5.75 Å². The summed E-state index contributed by atoms with van der Waals surface area (Å²) < 4.78 is 19.5. The third-order valence-electron chi connectivity index (χ3n) is 6.66. The predicted octanol–water partition coefficient (Wildman–Crippen LogP) is 6.95. The molecule has 0 unspecified atom stereocenters. The van der Waals surface area contributed by atoms with Gasteiger partial charge >= 0.3 is 0 Å². The van der Waals surface area contributed by atoms with Crippen LogP contribution in [0.4, 0.5) is 4.39 Å². The average Bonchev–Trinajstić information content (AvgIpc) is 3.61. The molecule has 0 aliphatic rings. The second kappa shape index (κ2) is 9.50. The Labute approximate surface area is 222 Å². The topological polar surface area (TPSA) is 92.4 Å². The van der Waals surface area contributed by atoms with Gasteiger partial charge in [-0.05, 0) is 53.1 Å². The highest BCUT2D eigenvalue weighted by Gasteiger charge is 2.15. The Morgan fingerprint density at radius 1 is 0.769 bits per heavy atom. The molecule has 0 saturated carbocycles. The van der Waals surface area contributed by atoms with Crippen LogP contribution in [0.2, 0.25) is 0 Å². The third kappa shape index (κ3) is 4.38. The van der Waals surface area contributed by atoms with E-state index in [1.165, 1.54) is 12.1 Å². The highest BCUT2D eigenvalue weighted by molar-refractivity contribution is 5.99. The van der Waals surface area contributed by atoms with Crippen molar-refractivity contribution in [2.24, 2.45) is 0 Å². The minimum Gasteiger partial charge on any atom is -0.487 e. The lowest BCUT2D eigenvalue weighted by molar-refractivity contribution is 0.305. The molecule has 2 aromatic carbocycles. The maximum Gasteiger partial charge on any atom is 0.181 e. The van der Waals surface area contributed by atoms with E-state index in [4.69, 9.17) is 4.74 Å². The Morgan fingerprint density at radius 3 is 2.49 bits per heavy atom. The summed E-state index contributed by atoms with van der Waals surface area (Å²) in [6.45, 7) is 0.462. The molecular formula is C31H21FN6O. The maximum atomic E-state index is 13.5. The summed E-state index contributed by atoms with van der Waals surface area (Å²) in [7, 11) is 0. The van der Waals surface area contributed by atoms with E-state index in [9.17, 15) is 4.39 Å². The van der Waals surface area contributed by atoms with Gasteiger partial charge in [-0.25, -0.2) is 14.4 Å². The van der Waals surface area contributed by atoms with Gasteiger partial charge in [-0.2, -0.15) is 5.10 Å². The van der Waals surface area contributed by atoms with Crippen molar-refractivity contribution < 1.29 is 9.13 Å². The van der Waals surface area contributed by atoms with E-state index < -0.39 is 0 Å². The summed E-state index contributed by atoms with van der Waals surface area (Å²) in [5, 5.41) is 9.33. The van der Waals surface area contributed by atoms with Gasteiger partial charge in [-0.15, -0.1) is 0 Å². The molecule has 7 nitrogen and oxygen atoms in total. The largest absolute Gasteiger partial charge is 0.487 e. The molecule has 0 atom stereocenters. The molecule has 5 aromatic heterocycles.